The number of nitrogens with one attached hydrogen (secondary N) is 2. The molecular formula is C21H29ClN4O4. The molecule has 1 saturated heterocycles. The van der Waals surface area contributed by atoms with Gasteiger partial charge in [0, 0.05) is 37.0 Å². The molecule has 9 heteroatoms. The minimum atomic E-state index is -0.265. The van der Waals surface area contributed by atoms with Crippen LogP contribution in [0.25, 0.3) is 0 Å². The Labute approximate surface area is 183 Å². The number of halogens is 1. The van der Waals surface area contributed by atoms with Crippen LogP contribution in [0.1, 0.15) is 24.1 Å². The Kier molecular flexibility index (Phi) is 9.01. The molecule has 1 aromatic heterocycles. The van der Waals surface area contributed by atoms with E-state index < -0.39 is 0 Å². The second-order valence-corrected chi connectivity index (χ2v) is 6.74. The summed E-state index contributed by atoms with van der Waals surface area (Å²) in [4.78, 5) is 19.2. The van der Waals surface area contributed by atoms with Gasteiger partial charge in [0.25, 0.3) is 0 Å². The first kappa shape index (κ1) is 23.6. The van der Waals surface area contributed by atoms with Gasteiger partial charge in [-0.25, -0.2) is 9.78 Å². The Morgan fingerprint density at radius 3 is 2.70 bits per heavy atom. The number of hydrogen-bond donors (Lipinski definition) is 2. The van der Waals surface area contributed by atoms with E-state index in [1.807, 2.05) is 37.3 Å². The van der Waals surface area contributed by atoms with Crippen molar-refractivity contribution < 1.29 is 19.0 Å². The summed E-state index contributed by atoms with van der Waals surface area (Å²) in [5, 5.41) is 5.88. The van der Waals surface area contributed by atoms with E-state index in [2.05, 4.69) is 20.5 Å². The van der Waals surface area contributed by atoms with E-state index in [1.165, 1.54) is 0 Å². The van der Waals surface area contributed by atoms with E-state index in [1.54, 1.807) is 20.4 Å². The van der Waals surface area contributed by atoms with Crippen molar-refractivity contribution in [2.75, 3.05) is 45.4 Å². The zero-order valence-corrected chi connectivity index (χ0v) is 18.3. The second kappa shape index (κ2) is 11.5. The van der Waals surface area contributed by atoms with Crippen LogP contribution in [0.5, 0.6) is 11.5 Å². The highest BCUT2D eigenvalue weighted by atomic mass is 35.5. The topological polar surface area (TPSA) is 85.0 Å². The first-order chi connectivity index (χ1) is 14.1. The molecule has 2 amide bonds. The van der Waals surface area contributed by atoms with Crippen molar-refractivity contribution in [1.29, 1.82) is 0 Å². The van der Waals surface area contributed by atoms with Crippen LogP contribution in [-0.2, 0) is 11.3 Å². The quantitative estimate of drug-likeness (QED) is 0.694. The number of aromatic nitrogens is 1. The van der Waals surface area contributed by atoms with Crippen LogP contribution in [0.4, 0.5) is 10.6 Å². The SMILES string of the molecule is COc1ccc(OC)c(C(C)NC(=O)NCc2cccnc2N2CCOCC2)c1.Cl. The number of hydrogen-bond acceptors (Lipinski definition) is 6. The maximum absolute atomic E-state index is 12.5. The van der Waals surface area contributed by atoms with Crippen molar-refractivity contribution in [3.05, 3.63) is 47.7 Å². The number of urea groups is 1. The fourth-order valence-corrected chi connectivity index (χ4v) is 3.31. The molecule has 1 fully saturated rings. The van der Waals surface area contributed by atoms with E-state index in [0.717, 1.165) is 30.0 Å². The van der Waals surface area contributed by atoms with Gasteiger partial charge in [-0.3, -0.25) is 0 Å². The number of ether oxygens (including phenoxy) is 3. The molecule has 0 spiro atoms. The molecule has 164 valence electrons. The smallest absolute Gasteiger partial charge is 0.315 e. The number of carbonyl (C=O) groups is 1. The number of benzene rings is 1. The van der Waals surface area contributed by atoms with Gasteiger partial charge in [0.05, 0.1) is 33.5 Å². The highest BCUT2D eigenvalue weighted by Crippen LogP contribution is 2.29. The molecule has 1 unspecified atom stereocenters. The normalized spacial score (nSPS) is 14.3. The van der Waals surface area contributed by atoms with Gasteiger partial charge in [0.2, 0.25) is 0 Å². The molecule has 1 aliphatic heterocycles. The lowest BCUT2D eigenvalue weighted by atomic mass is 10.1. The fourth-order valence-electron chi connectivity index (χ4n) is 3.31. The van der Waals surface area contributed by atoms with Gasteiger partial charge in [-0.05, 0) is 31.2 Å². The minimum Gasteiger partial charge on any atom is -0.497 e. The summed E-state index contributed by atoms with van der Waals surface area (Å²) < 4.78 is 16.1. The molecule has 0 saturated carbocycles. The van der Waals surface area contributed by atoms with Crippen LogP contribution in [-0.4, -0.2) is 51.5 Å². The van der Waals surface area contributed by atoms with Crippen molar-refractivity contribution in [2.24, 2.45) is 0 Å². The largest absolute Gasteiger partial charge is 0.497 e. The molecule has 1 aromatic carbocycles. The van der Waals surface area contributed by atoms with E-state index in [-0.39, 0.29) is 24.5 Å². The van der Waals surface area contributed by atoms with E-state index in [4.69, 9.17) is 14.2 Å². The summed E-state index contributed by atoms with van der Waals surface area (Å²) in [6.45, 7) is 5.24. The lowest BCUT2D eigenvalue weighted by molar-refractivity contribution is 0.122. The third-order valence-corrected chi connectivity index (χ3v) is 4.87. The summed E-state index contributed by atoms with van der Waals surface area (Å²) in [7, 11) is 3.21. The Hall–Kier alpha value is -2.71. The van der Waals surface area contributed by atoms with Gasteiger partial charge in [0.15, 0.2) is 0 Å². The number of carbonyl (C=O) groups excluding carboxylic acids is 1. The highest BCUT2D eigenvalue weighted by molar-refractivity contribution is 5.85. The van der Waals surface area contributed by atoms with Crippen LogP contribution >= 0.6 is 12.4 Å². The molecule has 0 radical (unpaired) electrons. The average Bonchev–Trinajstić information content (AvgIpc) is 2.78. The van der Waals surface area contributed by atoms with Crippen LogP contribution < -0.4 is 25.0 Å². The number of amides is 2. The number of anilines is 1. The van der Waals surface area contributed by atoms with E-state index >= 15 is 0 Å². The zero-order valence-electron chi connectivity index (χ0n) is 17.5. The third kappa shape index (κ3) is 5.90. The molecule has 0 bridgehead atoms. The maximum Gasteiger partial charge on any atom is 0.315 e. The van der Waals surface area contributed by atoms with Crippen LogP contribution in [0, 0.1) is 0 Å². The molecule has 2 aromatic rings. The molecule has 1 atom stereocenters. The molecule has 3 rings (SSSR count). The van der Waals surface area contributed by atoms with Crippen LogP contribution in [0.3, 0.4) is 0 Å². The second-order valence-electron chi connectivity index (χ2n) is 6.74. The third-order valence-electron chi connectivity index (χ3n) is 4.87. The van der Waals surface area contributed by atoms with Gasteiger partial charge in [-0.1, -0.05) is 6.07 Å². The van der Waals surface area contributed by atoms with Gasteiger partial charge >= 0.3 is 6.03 Å². The number of rotatable bonds is 7. The summed E-state index contributed by atoms with van der Waals surface area (Å²) in [6.07, 6.45) is 1.77. The van der Waals surface area contributed by atoms with Crippen molar-refractivity contribution in [1.82, 2.24) is 15.6 Å². The van der Waals surface area contributed by atoms with Gasteiger partial charge in [-0.15, -0.1) is 12.4 Å². The Morgan fingerprint density at radius 1 is 1.23 bits per heavy atom. The highest BCUT2D eigenvalue weighted by Gasteiger charge is 2.18. The molecule has 30 heavy (non-hydrogen) atoms. The molecule has 0 aliphatic carbocycles. The van der Waals surface area contributed by atoms with E-state index in [0.29, 0.717) is 31.3 Å². The summed E-state index contributed by atoms with van der Waals surface area (Å²) in [6, 6.07) is 8.85. The van der Waals surface area contributed by atoms with Gasteiger partial charge in [0.1, 0.15) is 17.3 Å². The van der Waals surface area contributed by atoms with Crippen LogP contribution in [0.2, 0.25) is 0 Å². The Balaban J connectivity index is 0.00000320. The lowest BCUT2D eigenvalue weighted by Crippen LogP contribution is -2.39. The average molecular weight is 437 g/mol. The first-order valence-corrected chi connectivity index (χ1v) is 9.65. The van der Waals surface area contributed by atoms with Crippen molar-refractivity contribution in [3.8, 4) is 11.5 Å². The Bertz CT molecular complexity index is 830. The van der Waals surface area contributed by atoms with E-state index in [9.17, 15) is 4.79 Å². The van der Waals surface area contributed by atoms with Crippen molar-refractivity contribution in [2.45, 2.75) is 19.5 Å². The summed E-state index contributed by atoms with van der Waals surface area (Å²) in [5.41, 5.74) is 1.81. The maximum atomic E-state index is 12.5. The number of pyridine rings is 1. The summed E-state index contributed by atoms with van der Waals surface area (Å²) in [5.74, 6) is 2.29. The van der Waals surface area contributed by atoms with Crippen molar-refractivity contribution >= 4 is 24.3 Å². The first-order valence-electron chi connectivity index (χ1n) is 9.65. The Morgan fingerprint density at radius 2 is 2.00 bits per heavy atom. The number of nitrogens with zero attached hydrogens (tertiary/aromatic N) is 2. The standard InChI is InChI=1S/C21H28N4O4.ClH/c1-15(18-13-17(27-2)6-7-19(18)28-3)24-21(26)23-14-16-5-4-8-22-20(16)25-9-11-29-12-10-25;/h4-8,13,15H,9-12,14H2,1-3H3,(H2,23,24,26);1H. The predicted octanol–water partition coefficient (Wildman–Crippen LogP) is 2.92. The molecular weight excluding hydrogens is 408 g/mol. The molecule has 8 nitrogen and oxygen atoms in total. The molecule has 2 heterocycles. The number of morpholine rings is 1. The monoisotopic (exact) mass is 436 g/mol. The minimum absolute atomic E-state index is 0. The van der Waals surface area contributed by atoms with Crippen LogP contribution in [0.15, 0.2) is 36.5 Å². The van der Waals surface area contributed by atoms with Gasteiger partial charge < -0.3 is 29.7 Å². The fraction of sp³-hybridized carbons (Fsp3) is 0.429. The van der Waals surface area contributed by atoms with Gasteiger partial charge in [-0.2, -0.15) is 0 Å². The molecule has 2 N–H and O–H groups in total. The summed E-state index contributed by atoms with van der Waals surface area (Å²) >= 11 is 0. The number of methoxy groups -OCH3 is 2. The predicted molar refractivity (Wildman–Crippen MR) is 118 cm³/mol. The zero-order chi connectivity index (χ0) is 20.6. The lowest BCUT2D eigenvalue weighted by Gasteiger charge is -2.29. The molecule has 1 aliphatic rings. The van der Waals surface area contributed by atoms with Crippen molar-refractivity contribution in [3.63, 3.8) is 0 Å².